The van der Waals surface area contributed by atoms with Gasteiger partial charge in [-0.1, -0.05) is 32.0 Å². The number of rotatable bonds is 8. The molecule has 5 rings (SSSR count). The second-order valence-electron chi connectivity index (χ2n) is 9.61. The highest BCUT2D eigenvalue weighted by atomic mass is 16.5. The molecule has 0 N–H and O–H groups in total. The second-order valence-corrected chi connectivity index (χ2v) is 9.61. The van der Waals surface area contributed by atoms with Gasteiger partial charge in [0.05, 0.1) is 36.8 Å². The lowest BCUT2D eigenvalue weighted by molar-refractivity contribution is 0.0486. The Labute approximate surface area is 204 Å². The molecule has 1 amide bonds. The molecule has 3 heterocycles. The van der Waals surface area contributed by atoms with Crippen molar-refractivity contribution in [2.75, 3.05) is 26.9 Å². The highest BCUT2D eigenvalue weighted by Crippen LogP contribution is 2.41. The van der Waals surface area contributed by atoms with Crippen LogP contribution in [-0.4, -0.2) is 43.8 Å². The van der Waals surface area contributed by atoms with Crippen molar-refractivity contribution in [1.29, 1.82) is 0 Å². The van der Waals surface area contributed by atoms with Crippen molar-refractivity contribution >= 4 is 16.9 Å². The highest BCUT2D eigenvalue weighted by molar-refractivity contribution is 5.99. The molecule has 7 heteroatoms. The lowest BCUT2D eigenvalue weighted by Gasteiger charge is -2.28. The molecule has 184 valence electrons. The van der Waals surface area contributed by atoms with E-state index in [4.69, 9.17) is 18.6 Å². The van der Waals surface area contributed by atoms with Crippen molar-refractivity contribution in [1.82, 2.24) is 4.90 Å². The maximum absolute atomic E-state index is 13.6. The average molecular weight is 478 g/mol. The second kappa shape index (κ2) is 9.74. The van der Waals surface area contributed by atoms with Crippen LogP contribution in [0.5, 0.6) is 11.5 Å². The first-order valence-corrected chi connectivity index (χ1v) is 12.3. The largest absolute Gasteiger partial charge is 0.493 e. The van der Waals surface area contributed by atoms with Crippen LogP contribution in [0.1, 0.15) is 60.8 Å². The van der Waals surface area contributed by atoms with Crippen LogP contribution in [0.25, 0.3) is 11.0 Å². The molecule has 2 aliphatic rings. The lowest BCUT2D eigenvalue weighted by atomic mass is 9.97. The van der Waals surface area contributed by atoms with Gasteiger partial charge >= 0.3 is 0 Å². The molecule has 1 aromatic heterocycles. The van der Waals surface area contributed by atoms with E-state index in [-0.39, 0.29) is 23.2 Å². The molecule has 0 unspecified atom stereocenters. The van der Waals surface area contributed by atoms with Crippen molar-refractivity contribution in [3.8, 4) is 11.5 Å². The normalized spacial score (nSPS) is 19.5. The molecule has 0 bridgehead atoms. The van der Waals surface area contributed by atoms with Crippen molar-refractivity contribution in [3.63, 3.8) is 0 Å². The van der Waals surface area contributed by atoms with E-state index in [1.807, 2.05) is 18.2 Å². The summed E-state index contributed by atoms with van der Waals surface area (Å²) in [7, 11) is 1.59. The van der Waals surface area contributed by atoms with Gasteiger partial charge in [0.2, 0.25) is 5.76 Å². The van der Waals surface area contributed by atoms with Gasteiger partial charge in [0, 0.05) is 13.2 Å². The number of ether oxygens (including phenoxy) is 3. The molecule has 0 spiro atoms. The standard InChI is InChI=1S/C28H31NO6/c1-17(2)12-14-34-22-11-10-18(15-23(22)32-3)25-24-26(30)20-8-4-5-9-21(20)35-27(24)28(31)29(25)16-19-7-6-13-33-19/h4-5,8-11,15,17,19,25H,6-7,12-14,16H2,1-3H3/t19-,25+/m0/s1. The predicted octanol–water partition coefficient (Wildman–Crippen LogP) is 4.95. The zero-order valence-corrected chi connectivity index (χ0v) is 20.4. The highest BCUT2D eigenvalue weighted by Gasteiger charge is 2.44. The molecular weight excluding hydrogens is 446 g/mol. The Balaban J connectivity index is 1.59. The summed E-state index contributed by atoms with van der Waals surface area (Å²) < 4.78 is 23.4. The number of hydrogen-bond donors (Lipinski definition) is 0. The van der Waals surface area contributed by atoms with Crippen molar-refractivity contribution < 1.29 is 23.4 Å². The van der Waals surface area contributed by atoms with Crippen LogP contribution in [0.4, 0.5) is 0 Å². The first-order valence-electron chi connectivity index (χ1n) is 12.3. The number of nitrogens with zero attached hydrogens (tertiary/aromatic N) is 1. The number of amides is 1. The Bertz CT molecular complexity index is 1290. The monoisotopic (exact) mass is 477 g/mol. The summed E-state index contributed by atoms with van der Waals surface area (Å²) in [4.78, 5) is 28.9. The van der Waals surface area contributed by atoms with Crippen molar-refractivity contribution in [2.24, 2.45) is 5.92 Å². The van der Waals surface area contributed by atoms with Gasteiger partial charge in [0.1, 0.15) is 5.58 Å². The van der Waals surface area contributed by atoms with E-state index in [2.05, 4.69) is 13.8 Å². The molecule has 2 aliphatic heterocycles. The third-order valence-corrected chi connectivity index (χ3v) is 6.75. The molecule has 3 aromatic rings. The molecule has 0 saturated carbocycles. The third kappa shape index (κ3) is 4.41. The van der Waals surface area contributed by atoms with E-state index >= 15 is 0 Å². The minimum absolute atomic E-state index is 0.0687. The summed E-state index contributed by atoms with van der Waals surface area (Å²) in [5, 5.41) is 0.462. The van der Waals surface area contributed by atoms with Gasteiger partial charge in [0.25, 0.3) is 5.91 Å². The number of para-hydroxylation sites is 1. The molecule has 1 fully saturated rings. The number of fused-ring (bicyclic) bond motifs is 2. The van der Waals surface area contributed by atoms with Crippen LogP contribution < -0.4 is 14.9 Å². The molecule has 0 radical (unpaired) electrons. The summed E-state index contributed by atoms with van der Waals surface area (Å²) in [5.41, 5.74) is 1.35. The minimum Gasteiger partial charge on any atom is -0.493 e. The predicted molar refractivity (Wildman–Crippen MR) is 132 cm³/mol. The van der Waals surface area contributed by atoms with E-state index in [1.54, 1.807) is 36.3 Å². The molecule has 2 atom stereocenters. The van der Waals surface area contributed by atoms with Crippen LogP contribution in [0.3, 0.4) is 0 Å². The van der Waals surface area contributed by atoms with Crippen LogP contribution in [0.15, 0.2) is 51.7 Å². The Morgan fingerprint density at radius 2 is 1.94 bits per heavy atom. The van der Waals surface area contributed by atoms with Crippen LogP contribution in [-0.2, 0) is 4.74 Å². The molecule has 2 aromatic carbocycles. The fourth-order valence-electron chi connectivity index (χ4n) is 4.89. The van der Waals surface area contributed by atoms with Crippen molar-refractivity contribution in [3.05, 3.63) is 69.6 Å². The number of hydrogen-bond acceptors (Lipinski definition) is 6. The molecule has 7 nitrogen and oxygen atoms in total. The quantitative estimate of drug-likeness (QED) is 0.457. The Morgan fingerprint density at radius 1 is 1.11 bits per heavy atom. The summed E-state index contributed by atoms with van der Waals surface area (Å²) in [6, 6.07) is 12.1. The van der Waals surface area contributed by atoms with Gasteiger partial charge in [-0.25, -0.2) is 0 Å². The van der Waals surface area contributed by atoms with Gasteiger partial charge < -0.3 is 23.5 Å². The van der Waals surface area contributed by atoms with Gasteiger partial charge in [-0.15, -0.1) is 0 Å². The molecule has 0 aliphatic carbocycles. The van der Waals surface area contributed by atoms with E-state index < -0.39 is 6.04 Å². The molecular formula is C28H31NO6. The van der Waals surface area contributed by atoms with Crippen molar-refractivity contribution in [2.45, 2.75) is 45.3 Å². The molecule has 1 saturated heterocycles. The topological polar surface area (TPSA) is 78.2 Å². The Morgan fingerprint density at radius 3 is 2.69 bits per heavy atom. The van der Waals surface area contributed by atoms with Crippen LogP contribution in [0.2, 0.25) is 0 Å². The SMILES string of the molecule is COc1cc([C@@H]2c3c(oc4ccccc4c3=O)C(=O)N2C[C@@H]2CCCO2)ccc1OCCC(C)C. The summed E-state index contributed by atoms with van der Waals surface area (Å²) in [6.45, 7) is 5.95. The summed E-state index contributed by atoms with van der Waals surface area (Å²) in [6.07, 6.45) is 2.70. The van der Waals surface area contributed by atoms with Gasteiger partial charge in [-0.3, -0.25) is 9.59 Å². The Hall–Kier alpha value is -3.32. The van der Waals surface area contributed by atoms with Gasteiger partial charge in [-0.2, -0.15) is 0 Å². The van der Waals surface area contributed by atoms with Crippen LogP contribution >= 0.6 is 0 Å². The zero-order valence-electron chi connectivity index (χ0n) is 20.4. The Kier molecular flexibility index (Phi) is 6.52. The average Bonchev–Trinajstić information content (AvgIpc) is 3.46. The van der Waals surface area contributed by atoms with E-state index in [1.165, 1.54) is 0 Å². The van der Waals surface area contributed by atoms with E-state index in [9.17, 15) is 9.59 Å². The first-order chi connectivity index (χ1) is 17.0. The number of methoxy groups -OCH3 is 1. The lowest BCUT2D eigenvalue weighted by Crippen LogP contribution is -2.36. The summed E-state index contributed by atoms with van der Waals surface area (Å²) in [5.74, 6) is 1.54. The number of benzene rings is 2. The maximum Gasteiger partial charge on any atom is 0.291 e. The molecule has 35 heavy (non-hydrogen) atoms. The van der Waals surface area contributed by atoms with Gasteiger partial charge in [0.15, 0.2) is 16.9 Å². The first kappa shape index (κ1) is 23.4. The fourth-order valence-corrected chi connectivity index (χ4v) is 4.89. The fraction of sp³-hybridized carbons (Fsp3) is 0.429. The van der Waals surface area contributed by atoms with E-state index in [0.717, 1.165) is 24.8 Å². The van der Waals surface area contributed by atoms with Crippen LogP contribution in [0, 0.1) is 5.92 Å². The number of carbonyl (C=O) groups excluding carboxylic acids is 1. The smallest absolute Gasteiger partial charge is 0.291 e. The maximum atomic E-state index is 13.6. The minimum atomic E-state index is -0.596. The van der Waals surface area contributed by atoms with E-state index in [0.29, 0.717) is 53.7 Å². The summed E-state index contributed by atoms with van der Waals surface area (Å²) >= 11 is 0. The zero-order chi connectivity index (χ0) is 24.5. The third-order valence-electron chi connectivity index (χ3n) is 6.75. The number of carbonyl (C=O) groups is 1. The van der Waals surface area contributed by atoms with Gasteiger partial charge in [-0.05, 0) is 55.0 Å².